The van der Waals surface area contributed by atoms with Crippen LogP contribution in [0.4, 0.5) is 5.82 Å². The van der Waals surface area contributed by atoms with Crippen LogP contribution < -0.4 is 5.73 Å². The predicted octanol–water partition coefficient (Wildman–Crippen LogP) is 4.71. The highest BCUT2D eigenvalue weighted by Gasteiger charge is 2.18. The fourth-order valence-corrected chi connectivity index (χ4v) is 4.26. The zero-order chi connectivity index (χ0) is 21.2. The Morgan fingerprint density at radius 2 is 1.81 bits per heavy atom. The molecule has 0 spiro atoms. The van der Waals surface area contributed by atoms with Gasteiger partial charge < -0.3 is 10.2 Å². The summed E-state index contributed by atoms with van der Waals surface area (Å²) in [7, 11) is 0. The Kier molecular flexibility index (Phi) is 5.13. The van der Waals surface area contributed by atoms with Gasteiger partial charge in [-0.1, -0.05) is 48.2 Å². The molecule has 0 aliphatic carbocycles. The van der Waals surface area contributed by atoms with Crippen LogP contribution in [0.5, 0.6) is 0 Å². The van der Waals surface area contributed by atoms with E-state index in [0.29, 0.717) is 23.9 Å². The molecule has 154 valence electrons. The standard InChI is InChI=1S/C23H20N6OS/c1-15-7-2-3-9-17(15)22-27-28-23(29(22)13-16-8-6-12-30-16)31-14-20-25-19-11-5-4-10-18(19)21(24)26-20/h2-12H,13-14H2,1H3,(H2,24,25,26). The van der Waals surface area contributed by atoms with Crippen LogP contribution in [-0.4, -0.2) is 24.7 Å². The lowest BCUT2D eigenvalue weighted by molar-refractivity contribution is 0.485. The van der Waals surface area contributed by atoms with Crippen LogP contribution in [0.3, 0.4) is 0 Å². The predicted molar refractivity (Wildman–Crippen MR) is 122 cm³/mol. The molecule has 5 aromatic rings. The number of furan rings is 1. The maximum atomic E-state index is 6.14. The topological polar surface area (TPSA) is 95.6 Å². The molecule has 0 fully saturated rings. The molecule has 31 heavy (non-hydrogen) atoms. The molecule has 2 aromatic carbocycles. The molecule has 0 saturated heterocycles. The zero-order valence-corrected chi connectivity index (χ0v) is 17.7. The van der Waals surface area contributed by atoms with Crippen molar-refractivity contribution < 1.29 is 4.42 Å². The van der Waals surface area contributed by atoms with Gasteiger partial charge in [-0.2, -0.15) is 0 Å². The first-order valence-corrected chi connectivity index (χ1v) is 10.8. The van der Waals surface area contributed by atoms with E-state index in [4.69, 9.17) is 10.2 Å². The molecule has 0 bridgehead atoms. The average Bonchev–Trinajstić information content (AvgIpc) is 3.43. The first-order valence-electron chi connectivity index (χ1n) is 9.84. The Labute approximate surface area is 183 Å². The Bertz CT molecular complexity index is 1350. The van der Waals surface area contributed by atoms with Gasteiger partial charge in [-0.15, -0.1) is 10.2 Å². The summed E-state index contributed by atoms with van der Waals surface area (Å²) in [6.45, 7) is 2.60. The van der Waals surface area contributed by atoms with Gasteiger partial charge >= 0.3 is 0 Å². The van der Waals surface area contributed by atoms with Gasteiger partial charge in [0.2, 0.25) is 0 Å². The molecule has 3 heterocycles. The number of anilines is 1. The summed E-state index contributed by atoms with van der Waals surface area (Å²) >= 11 is 1.53. The molecule has 0 amide bonds. The minimum Gasteiger partial charge on any atom is -0.467 e. The summed E-state index contributed by atoms with van der Waals surface area (Å²) in [5.74, 6) is 3.31. The molecular weight excluding hydrogens is 408 g/mol. The first kappa shape index (κ1) is 19.3. The number of fused-ring (bicyclic) bond motifs is 1. The molecule has 5 rings (SSSR count). The fourth-order valence-electron chi connectivity index (χ4n) is 3.46. The number of rotatable bonds is 6. The maximum absolute atomic E-state index is 6.14. The number of aromatic nitrogens is 5. The van der Waals surface area contributed by atoms with Crippen LogP contribution in [0.25, 0.3) is 22.3 Å². The zero-order valence-electron chi connectivity index (χ0n) is 16.9. The van der Waals surface area contributed by atoms with Crippen molar-refractivity contribution in [3.8, 4) is 11.4 Å². The fraction of sp³-hybridized carbons (Fsp3) is 0.130. The van der Waals surface area contributed by atoms with Gasteiger partial charge in [0.15, 0.2) is 11.0 Å². The van der Waals surface area contributed by atoms with Crippen LogP contribution in [-0.2, 0) is 12.3 Å². The lowest BCUT2D eigenvalue weighted by Crippen LogP contribution is -2.05. The van der Waals surface area contributed by atoms with Crippen LogP contribution in [0.15, 0.2) is 76.5 Å². The summed E-state index contributed by atoms with van der Waals surface area (Å²) in [6, 6.07) is 19.7. The minimum absolute atomic E-state index is 0.485. The van der Waals surface area contributed by atoms with E-state index in [1.54, 1.807) is 6.26 Å². The molecule has 0 saturated carbocycles. The minimum atomic E-state index is 0.485. The molecule has 0 unspecified atom stereocenters. The summed E-state index contributed by atoms with van der Waals surface area (Å²) in [5, 5.41) is 10.6. The van der Waals surface area contributed by atoms with Crippen LogP contribution in [0, 0.1) is 6.92 Å². The number of thioether (sulfide) groups is 1. The summed E-state index contributed by atoms with van der Waals surface area (Å²) in [6.07, 6.45) is 1.67. The van der Waals surface area contributed by atoms with Gasteiger partial charge in [-0.25, -0.2) is 9.97 Å². The van der Waals surface area contributed by atoms with E-state index in [1.807, 2.05) is 48.5 Å². The second-order valence-electron chi connectivity index (χ2n) is 7.12. The lowest BCUT2D eigenvalue weighted by Gasteiger charge is -2.10. The summed E-state index contributed by atoms with van der Waals surface area (Å²) < 4.78 is 7.65. The third kappa shape index (κ3) is 3.89. The van der Waals surface area contributed by atoms with Crippen molar-refractivity contribution in [3.63, 3.8) is 0 Å². The van der Waals surface area contributed by atoms with Gasteiger partial charge in [-0.3, -0.25) is 4.57 Å². The van der Waals surface area contributed by atoms with Crippen molar-refractivity contribution in [2.75, 3.05) is 5.73 Å². The van der Waals surface area contributed by atoms with Crippen molar-refractivity contribution in [2.45, 2.75) is 24.4 Å². The number of nitrogens with two attached hydrogens (primary N) is 1. The van der Waals surface area contributed by atoms with Crippen molar-refractivity contribution in [1.82, 2.24) is 24.7 Å². The Morgan fingerprint density at radius 1 is 0.968 bits per heavy atom. The maximum Gasteiger partial charge on any atom is 0.192 e. The van der Waals surface area contributed by atoms with Gasteiger partial charge in [0, 0.05) is 10.9 Å². The number of nitrogen functional groups attached to an aromatic ring is 1. The van der Waals surface area contributed by atoms with Gasteiger partial charge in [0.25, 0.3) is 0 Å². The number of nitrogens with zero attached hydrogens (tertiary/aromatic N) is 5. The van der Waals surface area contributed by atoms with Crippen LogP contribution in [0.1, 0.15) is 17.1 Å². The van der Waals surface area contributed by atoms with Crippen molar-refractivity contribution in [3.05, 3.63) is 84.1 Å². The normalized spacial score (nSPS) is 11.3. The SMILES string of the molecule is Cc1ccccc1-c1nnc(SCc2nc(N)c3ccccc3n2)n1Cc1ccco1. The molecule has 2 N–H and O–H groups in total. The van der Waals surface area contributed by atoms with E-state index in [-0.39, 0.29) is 0 Å². The molecule has 0 aliphatic heterocycles. The second kappa shape index (κ2) is 8.23. The highest BCUT2D eigenvalue weighted by molar-refractivity contribution is 7.98. The van der Waals surface area contributed by atoms with Gasteiger partial charge in [0.1, 0.15) is 17.4 Å². The molecule has 0 atom stereocenters. The van der Waals surface area contributed by atoms with E-state index in [9.17, 15) is 0 Å². The molecule has 0 aliphatic rings. The molecular formula is C23H20N6OS. The van der Waals surface area contributed by atoms with E-state index in [2.05, 4.69) is 43.8 Å². The van der Waals surface area contributed by atoms with E-state index >= 15 is 0 Å². The van der Waals surface area contributed by atoms with E-state index < -0.39 is 0 Å². The first-order chi connectivity index (χ1) is 15.2. The van der Waals surface area contributed by atoms with Crippen LogP contribution >= 0.6 is 11.8 Å². The monoisotopic (exact) mass is 428 g/mol. The highest BCUT2D eigenvalue weighted by Crippen LogP contribution is 2.29. The smallest absolute Gasteiger partial charge is 0.192 e. The Morgan fingerprint density at radius 3 is 2.65 bits per heavy atom. The second-order valence-corrected chi connectivity index (χ2v) is 8.06. The lowest BCUT2D eigenvalue weighted by atomic mass is 10.1. The highest BCUT2D eigenvalue weighted by atomic mass is 32.2. The van der Waals surface area contributed by atoms with Crippen molar-refractivity contribution in [2.24, 2.45) is 0 Å². The quantitative estimate of drug-likeness (QED) is 0.391. The number of hydrogen-bond acceptors (Lipinski definition) is 7. The third-order valence-corrected chi connectivity index (χ3v) is 5.97. The molecule has 0 radical (unpaired) electrons. The summed E-state index contributed by atoms with van der Waals surface area (Å²) in [4.78, 5) is 9.12. The Balaban J connectivity index is 1.48. The van der Waals surface area contributed by atoms with Crippen molar-refractivity contribution in [1.29, 1.82) is 0 Å². The number of hydrogen-bond donors (Lipinski definition) is 1. The number of para-hydroxylation sites is 1. The van der Waals surface area contributed by atoms with Gasteiger partial charge in [-0.05, 0) is 36.8 Å². The number of aryl methyl sites for hydroxylation is 1. The molecule has 3 aromatic heterocycles. The van der Waals surface area contributed by atoms with E-state index in [0.717, 1.165) is 38.8 Å². The average molecular weight is 429 g/mol. The van der Waals surface area contributed by atoms with Crippen molar-refractivity contribution >= 4 is 28.5 Å². The molecule has 8 heteroatoms. The Hall–Kier alpha value is -3.65. The van der Waals surface area contributed by atoms with Crippen LogP contribution in [0.2, 0.25) is 0 Å². The summed E-state index contributed by atoms with van der Waals surface area (Å²) in [5.41, 5.74) is 9.15. The van der Waals surface area contributed by atoms with Gasteiger partial charge in [0.05, 0.1) is 24.1 Å². The van der Waals surface area contributed by atoms with E-state index in [1.165, 1.54) is 11.8 Å². The number of benzene rings is 2. The molecule has 7 nitrogen and oxygen atoms in total. The third-order valence-electron chi connectivity index (χ3n) is 5.01. The largest absolute Gasteiger partial charge is 0.467 e.